The van der Waals surface area contributed by atoms with Gasteiger partial charge in [0, 0.05) is 25.6 Å². The number of carbonyl (C=O) groups is 2. The van der Waals surface area contributed by atoms with Gasteiger partial charge in [-0.05, 0) is 24.6 Å². The summed E-state index contributed by atoms with van der Waals surface area (Å²) in [7, 11) is 0. The smallest absolute Gasteiger partial charge is 0.251 e. The number of carbonyl (C=O) groups excluding carboxylic acids is 2. The van der Waals surface area contributed by atoms with Crippen molar-refractivity contribution in [3.05, 3.63) is 23.8 Å². The minimum absolute atomic E-state index is 0.122. The van der Waals surface area contributed by atoms with Crippen LogP contribution in [0.25, 0.3) is 0 Å². The van der Waals surface area contributed by atoms with Crippen LogP contribution in [0.4, 0.5) is 5.69 Å². The molecule has 122 valence electrons. The molecule has 0 aliphatic rings. The van der Waals surface area contributed by atoms with Gasteiger partial charge in [0.25, 0.3) is 5.91 Å². The minimum atomic E-state index is -0.227. The lowest BCUT2D eigenvalue weighted by Crippen LogP contribution is -2.33. The number of benzene rings is 1. The Morgan fingerprint density at radius 1 is 1.18 bits per heavy atom. The summed E-state index contributed by atoms with van der Waals surface area (Å²) in [6.45, 7) is 4.96. The molecule has 1 aromatic carbocycles. The van der Waals surface area contributed by atoms with Gasteiger partial charge in [0.1, 0.15) is 5.75 Å². The average molecular weight is 307 g/mol. The standard InChI is InChI=1S/C16H25N3O3/c1-3-4-5-10-22-15-7-6-13(11-14(15)17)16(21)19-9-8-18-12(2)20/h6-7,11H,3-5,8-10,17H2,1-2H3,(H,18,20)(H,19,21). The van der Waals surface area contributed by atoms with Crippen LogP contribution in [0.2, 0.25) is 0 Å². The number of amides is 2. The van der Waals surface area contributed by atoms with Crippen molar-refractivity contribution in [3.8, 4) is 5.75 Å². The Labute approximate surface area is 131 Å². The van der Waals surface area contributed by atoms with Gasteiger partial charge in [-0.2, -0.15) is 0 Å². The van der Waals surface area contributed by atoms with Crippen LogP contribution in [0.15, 0.2) is 18.2 Å². The van der Waals surface area contributed by atoms with E-state index < -0.39 is 0 Å². The Balaban J connectivity index is 2.46. The zero-order valence-electron chi connectivity index (χ0n) is 13.3. The molecule has 0 saturated heterocycles. The quantitative estimate of drug-likeness (QED) is 0.478. The molecule has 0 spiro atoms. The van der Waals surface area contributed by atoms with Crippen molar-refractivity contribution in [2.45, 2.75) is 33.1 Å². The number of unbranched alkanes of at least 4 members (excludes halogenated alkanes) is 2. The normalized spacial score (nSPS) is 10.1. The highest BCUT2D eigenvalue weighted by molar-refractivity contribution is 5.95. The predicted octanol–water partition coefficient (Wildman–Crippen LogP) is 1.70. The van der Waals surface area contributed by atoms with Gasteiger partial charge in [-0.15, -0.1) is 0 Å². The number of nitrogens with one attached hydrogen (secondary N) is 2. The Bertz CT molecular complexity index is 503. The fourth-order valence-electron chi connectivity index (χ4n) is 1.87. The molecule has 0 unspecified atom stereocenters. The molecule has 22 heavy (non-hydrogen) atoms. The maximum Gasteiger partial charge on any atom is 0.251 e. The van der Waals surface area contributed by atoms with E-state index in [1.807, 2.05) is 0 Å². The monoisotopic (exact) mass is 307 g/mol. The Morgan fingerprint density at radius 2 is 1.91 bits per heavy atom. The molecule has 6 heteroatoms. The van der Waals surface area contributed by atoms with Gasteiger partial charge in [-0.1, -0.05) is 19.8 Å². The molecule has 4 N–H and O–H groups in total. The zero-order chi connectivity index (χ0) is 16.4. The van der Waals surface area contributed by atoms with Crippen LogP contribution in [0, 0.1) is 0 Å². The van der Waals surface area contributed by atoms with Gasteiger partial charge < -0.3 is 21.1 Å². The van der Waals surface area contributed by atoms with Crippen LogP contribution in [-0.4, -0.2) is 31.5 Å². The molecule has 0 saturated carbocycles. The van der Waals surface area contributed by atoms with Crippen molar-refractivity contribution >= 4 is 17.5 Å². The molecule has 0 bridgehead atoms. The first-order chi connectivity index (χ1) is 10.5. The Hall–Kier alpha value is -2.24. The van der Waals surface area contributed by atoms with Gasteiger partial charge in [-0.25, -0.2) is 0 Å². The molecular weight excluding hydrogens is 282 g/mol. The van der Waals surface area contributed by atoms with Gasteiger partial charge in [-0.3, -0.25) is 9.59 Å². The van der Waals surface area contributed by atoms with E-state index in [-0.39, 0.29) is 11.8 Å². The Kier molecular flexibility index (Phi) is 7.81. The van der Waals surface area contributed by atoms with Crippen LogP contribution < -0.4 is 21.1 Å². The lowest BCUT2D eigenvalue weighted by Gasteiger charge is -2.11. The molecule has 1 aromatic rings. The summed E-state index contributed by atoms with van der Waals surface area (Å²) >= 11 is 0. The number of hydrogen-bond acceptors (Lipinski definition) is 4. The van der Waals surface area contributed by atoms with Gasteiger partial charge in [0.2, 0.25) is 5.91 Å². The predicted molar refractivity (Wildman–Crippen MR) is 86.9 cm³/mol. The van der Waals surface area contributed by atoms with Crippen LogP contribution in [0.3, 0.4) is 0 Å². The van der Waals surface area contributed by atoms with Crippen molar-refractivity contribution in [1.29, 1.82) is 0 Å². The molecule has 2 amide bonds. The third-order valence-corrected chi connectivity index (χ3v) is 3.06. The first-order valence-corrected chi connectivity index (χ1v) is 7.59. The molecule has 0 aliphatic carbocycles. The fourth-order valence-corrected chi connectivity index (χ4v) is 1.87. The van der Waals surface area contributed by atoms with E-state index in [1.165, 1.54) is 6.92 Å². The number of nitrogen functional groups attached to an aromatic ring is 1. The van der Waals surface area contributed by atoms with Crippen LogP contribution in [0.5, 0.6) is 5.75 Å². The molecule has 0 fully saturated rings. The zero-order valence-corrected chi connectivity index (χ0v) is 13.3. The first-order valence-electron chi connectivity index (χ1n) is 7.59. The van der Waals surface area contributed by atoms with Crippen molar-refractivity contribution < 1.29 is 14.3 Å². The molecule has 0 radical (unpaired) electrons. The largest absolute Gasteiger partial charge is 0.491 e. The van der Waals surface area contributed by atoms with Crippen molar-refractivity contribution in [2.75, 3.05) is 25.4 Å². The van der Waals surface area contributed by atoms with E-state index in [1.54, 1.807) is 18.2 Å². The first kappa shape index (κ1) is 17.8. The van der Waals surface area contributed by atoms with E-state index in [4.69, 9.17) is 10.5 Å². The minimum Gasteiger partial charge on any atom is -0.491 e. The highest BCUT2D eigenvalue weighted by atomic mass is 16.5. The number of ether oxygens (including phenoxy) is 1. The number of nitrogens with two attached hydrogens (primary N) is 1. The molecule has 0 aromatic heterocycles. The fraction of sp³-hybridized carbons (Fsp3) is 0.500. The molecule has 0 atom stereocenters. The van der Waals surface area contributed by atoms with Crippen molar-refractivity contribution in [1.82, 2.24) is 10.6 Å². The second kappa shape index (κ2) is 9.65. The van der Waals surface area contributed by atoms with Crippen LogP contribution >= 0.6 is 0 Å². The topological polar surface area (TPSA) is 93.5 Å². The summed E-state index contributed by atoms with van der Waals surface area (Å²) in [6, 6.07) is 4.99. The molecule has 0 heterocycles. The van der Waals surface area contributed by atoms with Crippen molar-refractivity contribution in [3.63, 3.8) is 0 Å². The van der Waals surface area contributed by atoms with E-state index in [0.29, 0.717) is 36.7 Å². The summed E-state index contributed by atoms with van der Waals surface area (Å²) in [4.78, 5) is 22.6. The summed E-state index contributed by atoms with van der Waals surface area (Å²) < 4.78 is 5.59. The van der Waals surface area contributed by atoms with Gasteiger partial charge in [0.15, 0.2) is 0 Å². The average Bonchev–Trinajstić information content (AvgIpc) is 2.49. The number of anilines is 1. The third-order valence-electron chi connectivity index (χ3n) is 3.06. The van der Waals surface area contributed by atoms with Crippen LogP contribution in [-0.2, 0) is 4.79 Å². The maximum atomic E-state index is 11.9. The van der Waals surface area contributed by atoms with E-state index >= 15 is 0 Å². The molecule has 0 aliphatic heterocycles. The maximum absolute atomic E-state index is 11.9. The highest BCUT2D eigenvalue weighted by Crippen LogP contribution is 2.22. The van der Waals surface area contributed by atoms with Gasteiger partial charge in [0.05, 0.1) is 12.3 Å². The van der Waals surface area contributed by atoms with Crippen molar-refractivity contribution in [2.24, 2.45) is 0 Å². The second-order valence-corrected chi connectivity index (χ2v) is 5.05. The van der Waals surface area contributed by atoms with Gasteiger partial charge >= 0.3 is 0 Å². The lowest BCUT2D eigenvalue weighted by molar-refractivity contribution is -0.118. The highest BCUT2D eigenvalue weighted by Gasteiger charge is 2.08. The number of hydrogen-bond donors (Lipinski definition) is 3. The summed E-state index contributed by atoms with van der Waals surface area (Å²) in [5, 5.41) is 5.32. The summed E-state index contributed by atoms with van der Waals surface area (Å²) in [5.74, 6) is 0.253. The number of rotatable bonds is 9. The molecular formula is C16H25N3O3. The molecule has 6 nitrogen and oxygen atoms in total. The summed E-state index contributed by atoms with van der Waals surface area (Å²) in [5.41, 5.74) is 6.83. The van der Waals surface area contributed by atoms with E-state index in [2.05, 4.69) is 17.6 Å². The van der Waals surface area contributed by atoms with E-state index in [0.717, 1.165) is 19.3 Å². The van der Waals surface area contributed by atoms with E-state index in [9.17, 15) is 9.59 Å². The Morgan fingerprint density at radius 3 is 2.55 bits per heavy atom. The SMILES string of the molecule is CCCCCOc1ccc(C(=O)NCCNC(C)=O)cc1N. The van der Waals surface area contributed by atoms with Crippen LogP contribution in [0.1, 0.15) is 43.5 Å². The third kappa shape index (κ3) is 6.47. The lowest BCUT2D eigenvalue weighted by atomic mass is 10.1. The summed E-state index contributed by atoms with van der Waals surface area (Å²) in [6.07, 6.45) is 3.24. The molecule has 1 rings (SSSR count). The second-order valence-electron chi connectivity index (χ2n) is 5.05.